The predicted octanol–water partition coefficient (Wildman–Crippen LogP) is 2.42. The molecule has 0 unspecified atom stereocenters. The smallest absolute Gasteiger partial charge is 0.330 e. The quantitative estimate of drug-likeness (QED) is 0.342. The number of benzene rings is 1. The number of allylic oxidation sites excluding steroid dienone is 2. The SMILES string of the molecule is CNCCCOC(=O)/C=C/C=C/c1ccc(OC)cc1. The Labute approximate surface area is 120 Å². The average molecular weight is 275 g/mol. The van der Waals surface area contributed by atoms with Gasteiger partial charge in [-0.3, -0.25) is 0 Å². The summed E-state index contributed by atoms with van der Waals surface area (Å²) in [5, 5.41) is 2.99. The van der Waals surface area contributed by atoms with Crippen LogP contribution in [0, 0.1) is 0 Å². The summed E-state index contributed by atoms with van der Waals surface area (Å²) in [6.07, 6.45) is 7.61. The number of carbonyl (C=O) groups excluding carboxylic acids is 1. The van der Waals surface area contributed by atoms with E-state index in [-0.39, 0.29) is 5.97 Å². The summed E-state index contributed by atoms with van der Waals surface area (Å²) in [7, 11) is 3.50. The van der Waals surface area contributed by atoms with Crippen molar-refractivity contribution in [2.75, 3.05) is 27.3 Å². The summed E-state index contributed by atoms with van der Waals surface area (Å²) in [5.41, 5.74) is 1.04. The van der Waals surface area contributed by atoms with Gasteiger partial charge < -0.3 is 14.8 Å². The lowest BCUT2D eigenvalue weighted by Crippen LogP contribution is -2.12. The summed E-state index contributed by atoms with van der Waals surface area (Å²) in [6.45, 7) is 1.28. The van der Waals surface area contributed by atoms with Crippen molar-refractivity contribution < 1.29 is 14.3 Å². The first kappa shape index (κ1) is 16.0. The highest BCUT2D eigenvalue weighted by Gasteiger charge is 1.94. The van der Waals surface area contributed by atoms with Crippen LogP contribution in [-0.4, -0.2) is 33.3 Å². The van der Waals surface area contributed by atoms with E-state index in [4.69, 9.17) is 9.47 Å². The summed E-state index contributed by atoms with van der Waals surface area (Å²) >= 11 is 0. The van der Waals surface area contributed by atoms with Crippen molar-refractivity contribution in [1.82, 2.24) is 5.32 Å². The lowest BCUT2D eigenvalue weighted by molar-refractivity contribution is -0.137. The fraction of sp³-hybridized carbons (Fsp3) is 0.312. The van der Waals surface area contributed by atoms with Gasteiger partial charge in [0.1, 0.15) is 5.75 Å². The topological polar surface area (TPSA) is 47.6 Å². The van der Waals surface area contributed by atoms with Crippen molar-refractivity contribution in [3.05, 3.63) is 48.1 Å². The third kappa shape index (κ3) is 6.75. The van der Waals surface area contributed by atoms with Gasteiger partial charge in [-0.05, 0) is 37.7 Å². The molecule has 0 saturated heterocycles. The molecule has 0 aliphatic rings. The molecule has 0 spiro atoms. The minimum Gasteiger partial charge on any atom is -0.497 e. The van der Waals surface area contributed by atoms with Gasteiger partial charge in [-0.15, -0.1) is 0 Å². The van der Waals surface area contributed by atoms with Crippen molar-refractivity contribution in [3.63, 3.8) is 0 Å². The third-order valence-electron chi connectivity index (χ3n) is 2.56. The van der Waals surface area contributed by atoms with E-state index < -0.39 is 0 Å². The van der Waals surface area contributed by atoms with E-state index in [1.165, 1.54) is 6.08 Å². The molecule has 0 fully saturated rings. The van der Waals surface area contributed by atoms with Gasteiger partial charge in [0, 0.05) is 6.08 Å². The minimum atomic E-state index is -0.319. The Balaban J connectivity index is 2.31. The molecule has 1 aromatic carbocycles. The number of hydrogen-bond acceptors (Lipinski definition) is 4. The number of rotatable bonds is 8. The van der Waals surface area contributed by atoms with E-state index in [1.54, 1.807) is 19.3 Å². The van der Waals surface area contributed by atoms with Crippen LogP contribution < -0.4 is 10.1 Å². The first-order valence-corrected chi connectivity index (χ1v) is 6.56. The van der Waals surface area contributed by atoms with Crippen molar-refractivity contribution >= 4 is 12.0 Å². The maximum Gasteiger partial charge on any atom is 0.330 e. The molecule has 1 aromatic rings. The molecule has 0 aliphatic carbocycles. The van der Waals surface area contributed by atoms with E-state index in [1.807, 2.05) is 37.4 Å². The summed E-state index contributed by atoms with van der Waals surface area (Å²) in [6, 6.07) is 7.66. The number of methoxy groups -OCH3 is 1. The molecule has 0 radical (unpaired) electrons. The monoisotopic (exact) mass is 275 g/mol. The fourth-order valence-corrected chi connectivity index (χ4v) is 1.49. The molecule has 0 aromatic heterocycles. The zero-order valence-electron chi connectivity index (χ0n) is 12.0. The number of hydrogen-bond donors (Lipinski definition) is 1. The largest absolute Gasteiger partial charge is 0.497 e. The molecule has 0 atom stereocenters. The van der Waals surface area contributed by atoms with Crippen LogP contribution in [0.1, 0.15) is 12.0 Å². The van der Waals surface area contributed by atoms with E-state index in [2.05, 4.69) is 5.32 Å². The maximum absolute atomic E-state index is 11.3. The van der Waals surface area contributed by atoms with Crippen LogP contribution in [-0.2, 0) is 9.53 Å². The molecule has 0 aliphatic heterocycles. The van der Waals surface area contributed by atoms with Crippen molar-refractivity contribution in [3.8, 4) is 5.75 Å². The van der Waals surface area contributed by atoms with Crippen molar-refractivity contribution in [1.29, 1.82) is 0 Å². The van der Waals surface area contributed by atoms with Gasteiger partial charge in [0.05, 0.1) is 13.7 Å². The van der Waals surface area contributed by atoms with Gasteiger partial charge in [0.25, 0.3) is 0 Å². The molecule has 4 nitrogen and oxygen atoms in total. The van der Waals surface area contributed by atoms with Crippen LogP contribution in [0.15, 0.2) is 42.5 Å². The van der Waals surface area contributed by atoms with E-state index in [9.17, 15) is 4.79 Å². The Morgan fingerprint density at radius 2 is 2.00 bits per heavy atom. The number of ether oxygens (including phenoxy) is 2. The summed E-state index contributed by atoms with van der Waals surface area (Å²) < 4.78 is 10.1. The van der Waals surface area contributed by atoms with E-state index in [0.29, 0.717) is 6.61 Å². The van der Waals surface area contributed by atoms with Crippen LogP contribution >= 0.6 is 0 Å². The molecule has 0 bridgehead atoms. The second kappa shape index (κ2) is 9.81. The normalized spacial score (nSPS) is 11.1. The molecule has 0 amide bonds. The number of esters is 1. The molecule has 108 valence electrons. The van der Waals surface area contributed by atoms with Crippen molar-refractivity contribution in [2.45, 2.75) is 6.42 Å². The first-order valence-electron chi connectivity index (χ1n) is 6.56. The van der Waals surface area contributed by atoms with Crippen LogP contribution in [0.25, 0.3) is 6.08 Å². The zero-order chi connectivity index (χ0) is 14.6. The lowest BCUT2D eigenvalue weighted by atomic mass is 10.2. The molecular weight excluding hydrogens is 254 g/mol. The van der Waals surface area contributed by atoms with Gasteiger partial charge in [-0.2, -0.15) is 0 Å². The molecule has 0 saturated carbocycles. The number of carbonyl (C=O) groups is 1. The Hall–Kier alpha value is -2.07. The Kier molecular flexibility index (Phi) is 7.84. The maximum atomic E-state index is 11.3. The second-order valence-electron chi connectivity index (χ2n) is 4.12. The fourth-order valence-electron chi connectivity index (χ4n) is 1.49. The lowest BCUT2D eigenvalue weighted by Gasteiger charge is -2.00. The summed E-state index contributed by atoms with van der Waals surface area (Å²) in [4.78, 5) is 11.3. The highest BCUT2D eigenvalue weighted by Crippen LogP contribution is 2.12. The Bertz CT molecular complexity index is 449. The molecule has 0 heterocycles. The van der Waals surface area contributed by atoms with Gasteiger partial charge >= 0.3 is 5.97 Å². The summed E-state index contributed by atoms with van der Waals surface area (Å²) in [5.74, 6) is 0.503. The van der Waals surface area contributed by atoms with Gasteiger partial charge in [0.15, 0.2) is 0 Å². The molecule has 1 N–H and O–H groups in total. The van der Waals surface area contributed by atoms with E-state index in [0.717, 1.165) is 24.3 Å². The molecular formula is C16H21NO3. The first-order chi connectivity index (χ1) is 9.76. The Morgan fingerprint density at radius 1 is 1.25 bits per heavy atom. The van der Waals surface area contributed by atoms with E-state index >= 15 is 0 Å². The van der Waals surface area contributed by atoms with Crippen LogP contribution in [0.3, 0.4) is 0 Å². The van der Waals surface area contributed by atoms with Crippen LogP contribution in [0.4, 0.5) is 0 Å². The van der Waals surface area contributed by atoms with Crippen LogP contribution in [0.5, 0.6) is 5.75 Å². The number of nitrogens with one attached hydrogen (secondary N) is 1. The van der Waals surface area contributed by atoms with Crippen molar-refractivity contribution in [2.24, 2.45) is 0 Å². The predicted molar refractivity (Wildman–Crippen MR) is 80.7 cm³/mol. The standard InChI is InChI=1S/C16H21NO3/c1-17-12-5-13-20-16(18)7-4-3-6-14-8-10-15(19-2)11-9-14/h3-4,6-11,17H,5,12-13H2,1-2H3/b6-3+,7-4+. The zero-order valence-corrected chi connectivity index (χ0v) is 12.0. The van der Waals surface area contributed by atoms with Gasteiger partial charge in [-0.1, -0.05) is 30.4 Å². The second-order valence-corrected chi connectivity index (χ2v) is 4.12. The highest BCUT2D eigenvalue weighted by atomic mass is 16.5. The Morgan fingerprint density at radius 3 is 2.65 bits per heavy atom. The molecule has 1 rings (SSSR count). The van der Waals surface area contributed by atoms with Crippen LogP contribution in [0.2, 0.25) is 0 Å². The van der Waals surface area contributed by atoms with Gasteiger partial charge in [-0.25, -0.2) is 4.79 Å². The molecule has 4 heteroatoms. The van der Waals surface area contributed by atoms with Gasteiger partial charge in [0.2, 0.25) is 0 Å². The molecule has 20 heavy (non-hydrogen) atoms. The minimum absolute atomic E-state index is 0.319. The average Bonchev–Trinajstić information content (AvgIpc) is 2.49. The highest BCUT2D eigenvalue weighted by molar-refractivity contribution is 5.82. The third-order valence-corrected chi connectivity index (χ3v) is 2.56.